The third kappa shape index (κ3) is 3.59. The predicted molar refractivity (Wildman–Crippen MR) is 98.3 cm³/mol. The lowest BCUT2D eigenvalue weighted by atomic mass is 10.1. The van der Waals surface area contributed by atoms with Gasteiger partial charge in [-0.15, -0.1) is 0 Å². The standard InChI is InChI=1S/C19H24N2O.H3N/c1-3-16-8-4-5-9-17(16)20-12-14-21(15-13-20)18-10-6-7-11-19(18)22-2;/h4-11H,3,12-15H2,1-2H3;1H3. The third-order valence-electron chi connectivity index (χ3n) is 4.42. The van der Waals surface area contributed by atoms with Crippen molar-refractivity contribution >= 4 is 11.4 Å². The highest BCUT2D eigenvalue weighted by molar-refractivity contribution is 5.60. The predicted octanol–water partition coefficient (Wildman–Crippen LogP) is 3.75. The Balaban J connectivity index is 0.00000192. The Hall–Kier alpha value is -2.20. The number of rotatable bonds is 4. The number of aryl methyl sites for hydroxylation is 1. The molecule has 0 spiro atoms. The van der Waals surface area contributed by atoms with Crippen molar-refractivity contribution in [3.8, 4) is 5.75 Å². The van der Waals surface area contributed by atoms with Gasteiger partial charge in [0.2, 0.25) is 0 Å². The van der Waals surface area contributed by atoms with Gasteiger partial charge in [-0.3, -0.25) is 0 Å². The number of benzene rings is 2. The van der Waals surface area contributed by atoms with Crippen LogP contribution in [0, 0.1) is 0 Å². The van der Waals surface area contributed by atoms with Crippen LogP contribution in [-0.4, -0.2) is 33.3 Å². The normalized spacial score (nSPS) is 14.3. The summed E-state index contributed by atoms with van der Waals surface area (Å²) in [4.78, 5) is 4.93. The van der Waals surface area contributed by atoms with Gasteiger partial charge in [-0.1, -0.05) is 37.3 Å². The van der Waals surface area contributed by atoms with E-state index < -0.39 is 0 Å². The van der Waals surface area contributed by atoms with E-state index in [1.165, 1.54) is 16.9 Å². The van der Waals surface area contributed by atoms with E-state index in [-0.39, 0.29) is 6.15 Å². The summed E-state index contributed by atoms with van der Waals surface area (Å²) in [6.07, 6.45) is 1.09. The molecule has 1 saturated heterocycles. The van der Waals surface area contributed by atoms with Crippen LogP contribution in [0.25, 0.3) is 0 Å². The van der Waals surface area contributed by atoms with Crippen LogP contribution in [0.1, 0.15) is 12.5 Å². The summed E-state index contributed by atoms with van der Waals surface area (Å²) < 4.78 is 5.49. The second kappa shape index (κ2) is 7.88. The highest BCUT2D eigenvalue weighted by Crippen LogP contribution is 2.30. The lowest BCUT2D eigenvalue weighted by Gasteiger charge is -2.38. The molecule has 3 N–H and O–H groups in total. The number of hydrogen-bond acceptors (Lipinski definition) is 4. The van der Waals surface area contributed by atoms with Gasteiger partial charge in [0.05, 0.1) is 12.8 Å². The van der Waals surface area contributed by atoms with Crippen LogP contribution < -0.4 is 20.7 Å². The minimum Gasteiger partial charge on any atom is -0.495 e. The second-order valence-electron chi connectivity index (χ2n) is 5.63. The van der Waals surface area contributed by atoms with Gasteiger partial charge in [-0.05, 0) is 30.2 Å². The fourth-order valence-electron chi connectivity index (χ4n) is 3.20. The average molecular weight is 313 g/mol. The maximum Gasteiger partial charge on any atom is 0.142 e. The minimum absolute atomic E-state index is 0. The highest BCUT2D eigenvalue weighted by Gasteiger charge is 2.20. The molecule has 124 valence electrons. The molecule has 0 bridgehead atoms. The summed E-state index contributed by atoms with van der Waals surface area (Å²) in [5, 5.41) is 0. The van der Waals surface area contributed by atoms with Gasteiger partial charge in [0.25, 0.3) is 0 Å². The molecule has 0 aromatic heterocycles. The van der Waals surface area contributed by atoms with Crippen molar-refractivity contribution in [2.24, 2.45) is 0 Å². The Morgan fingerprint density at radius 1 is 0.826 bits per heavy atom. The van der Waals surface area contributed by atoms with Crippen LogP contribution >= 0.6 is 0 Å². The van der Waals surface area contributed by atoms with Crippen molar-refractivity contribution in [2.75, 3.05) is 43.1 Å². The number of piperazine rings is 1. The van der Waals surface area contributed by atoms with Crippen molar-refractivity contribution in [1.29, 1.82) is 0 Å². The van der Waals surface area contributed by atoms with Crippen LogP contribution in [0.5, 0.6) is 5.75 Å². The van der Waals surface area contributed by atoms with E-state index in [1.807, 2.05) is 12.1 Å². The molecule has 1 aliphatic rings. The van der Waals surface area contributed by atoms with Gasteiger partial charge >= 0.3 is 0 Å². The molecule has 2 aromatic rings. The quantitative estimate of drug-likeness (QED) is 0.934. The fraction of sp³-hybridized carbons (Fsp3) is 0.368. The maximum absolute atomic E-state index is 5.49. The Morgan fingerprint density at radius 3 is 1.96 bits per heavy atom. The van der Waals surface area contributed by atoms with Gasteiger partial charge in [-0.25, -0.2) is 0 Å². The van der Waals surface area contributed by atoms with E-state index in [9.17, 15) is 0 Å². The Bertz CT molecular complexity index is 566. The lowest BCUT2D eigenvalue weighted by Crippen LogP contribution is -2.46. The highest BCUT2D eigenvalue weighted by atomic mass is 16.5. The molecular formula is C19H27N3O. The molecule has 0 aliphatic carbocycles. The molecule has 0 radical (unpaired) electrons. The van der Waals surface area contributed by atoms with Gasteiger partial charge in [-0.2, -0.15) is 0 Å². The molecule has 23 heavy (non-hydrogen) atoms. The first kappa shape index (κ1) is 17.2. The molecule has 0 saturated carbocycles. The number of anilines is 2. The van der Waals surface area contributed by atoms with Crippen LogP contribution in [0.2, 0.25) is 0 Å². The molecule has 1 heterocycles. The number of hydrogen-bond donors (Lipinski definition) is 1. The van der Waals surface area contributed by atoms with Crippen molar-refractivity contribution in [2.45, 2.75) is 13.3 Å². The molecule has 0 atom stereocenters. The zero-order chi connectivity index (χ0) is 15.4. The molecule has 0 amide bonds. The van der Waals surface area contributed by atoms with E-state index in [2.05, 4.69) is 53.1 Å². The Kier molecular flexibility index (Phi) is 5.88. The van der Waals surface area contributed by atoms with Gasteiger partial charge in [0.1, 0.15) is 5.75 Å². The van der Waals surface area contributed by atoms with Gasteiger partial charge in [0, 0.05) is 31.9 Å². The van der Waals surface area contributed by atoms with Crippen molar-refractivity contribution < 1.29 is 4.74 Å². The third-order valence-corrected chi connectivity index (χ3v) is 4.42. The van der Waals surface area contributed by atoms with Crippen molar-refractivity contribution in [3.05, 3.63) is 54.1 Å². The lowest BCUT2D eigenvalue weighted by molar-refractivity contribution is 0.413. The van der Waals surface area contributed by atoms with E-state index >= 15 is 0 Å². The molecule has 2 aromatic carbocycles. The van der Waals surface area contributed by atoms with Crippen LogP contribution in [0.3, 0.4) is 0 Å². The zero-order valence-electron chi connectivity index (χ0n) is 14.2. The van der Waals surface area contributed by atoms with Gasteiger partial charge in [0.15, 0.2) is 0 Å². The molecule has 0 unspecified atom stereocenters. The van der Waals surface area contributed by atoms with E-state index in [0.717, 1.165) is 38.3 Å². The molecule has 1 aliphatic heterocycles. The number of para-hydroxylation sites is 3. The number of nitrogens with zero attached hydrogens (tertiary/aromatic N) is 2. The van der Waals surface area contributed by atoms with E-state index in [0.29, 0.717) is 0 Å². The fourth-order valence-corrected chi connectivity index (χ4v) is 3.20. The first-order valence-electron chi connectivity index (χ1n) is 8.04. The summed E-state index contributed by atoms with van der Waals surface area (Å²) in [5.74, 6) is 0.963. The molecule has 4 nitrogen and oxygen atoms in total. The molecule has 1 fully saturated rings. The van der Waals surface area contributed by atoms with Crippen LogP contribution in [0.15, 0.2) is 48.5 Å². The Labute approximate surface area is 139 Å². The van der Waals surface area contributed by atoms with Crippen LogP contribution in [0.4, 0.5) is 11.4 Å². The van der Waals surface area contributed by atoms with E-state index in [4.69, 9.17) is 4.74 Å². The SMILES string of the molecule is CCc1ccccc1N1CCN(c2ccccc2OC)CC1.N. The summed E-state index contributed by atoms with van der Waals surface area (Å²) >= 11 is 0. The summed E-state index contributed by atoms with van der Waals surface area (Å²) in [6.45, 7) is 6.38. The summed E-state index contributed by atoms with van der Waals surface area (Å²) in [5.41, 5.74) is 4.03. The number of ether oxygens (including phenoxy) is 1. The maximum atomic E-state index is 5.49. The monoisotopic (exact) mass is 313 g/mol. The molecule has 3 rings (SSSR count). The Morgan fingerprint density at radius 2 is 1.35 bits per heavy atom. The smallest absolute Gasteiger partial charge is 0.142 e. The topological polar surface area (TPSA) is 50.7 Å². The first-order valence-corrected chi connectivity index (χ1v) is 8.04. The first-order chi connectivity index (χ1) is 10.8. The van der Waals surface area contributed by atoms with Crippen molar-refractivity contribution in [3.63, 3.8) is 0 Å². The van der Waals surface area contributed by atoms with Gasteiger partial charge < -0.3 is 20.7 Å². The summed E-state index contributed by atoms with van der Waals surface area (Å²) in [6, 6.07) is 17.0. The minimum atomic E-state index is 0. The number of methoxy groups -OCH3 is 1. The van der Waals surface area contributed by atoms with E-state index in [1.54, 1.807) is 7.11 Å². The van der Waals surface area contributed by atoms with Crippen LogP contribution in [-0.2, 0) is 6.42 Å². The summed E-state index contributed by atoms with van der Waals surface area (Å²) in [7, 11) is 1.74. The largest absolute Gasteiger partial charge is 0.495 e. The average Bonchev–Trinajstić information content (AvgIpc) is 2.62. The molecular weight excluding hydrogens is 286 g/mol. The molecule has 4 heteroatoms. The van der Waals surface area contributed by atoms with Crippen molar-refractivity contribution in [1.82, 2.24) is 6.15 Å². The second-order valence-corrected chi connectivity index (χ2v) is 5.63. The zero-order valence-corrected chi connectivity index (χ0v) is 14.2.